The number of aryl methyl sites for hydroxylation is 1. The van der Waals surface area contributed by atoms with Gasteiger partial charge in [0.25, 0.3) is 21.9 Å². The molecule has 4 amide bonds. The molecule has 12 heteroatoms. The highest BCUT2D eigenvalue weighted by molar-refractivity contribution is 7.86. The number of benzene rings is 2. The summed E-state index contributed by atoms with van der Waals surface area (Å²) in [5.41, 5.74) is 1.04. The third-order valence-corrected chi connectivity index (χ3v) is 9.25. The van der Waals surface area contributed by atoms with E-state index in [1.54, 1.807) is 6.92 Å². The predicted octanol–water partition coefficient (Wildman–Crippen LogP) is 2.68. The highest BCUT2D eigenvalue weighted by atomic mass is 32.2. The first-order chi connectivity index (χ1) is 17.5. The zero-order chi connectivity index (χ0) is 27.1. The van der Waals surface area contributed by atoms with Crippen molar-refractivity contribution in [2.75, 3.05) is 0 Å². The van der Waals surface area contributed by atoms with Gasteiger partial charge in [-0.3, -0.25) is 38.2 Å². The lowest BCUT2D eigenvalue weighted by Crippen LogP contribution is -2.54. The molecule has 2 heterocycles. The number of amides is 4. The molecule has 3 unspecified atom stereocenters. The number of nitrogens with one attached hydrogen (secondary N) is 1. The maximum atomic E-state index is 14.1. The number of piperidine rings is 1. The Morgan fingerprint density at radius 2 is 1.86 bits per heavy atom. The Bertz CT molecular complexity index is 1450. The molecule has 2 aliphatic rings. The van der Waals surface area contributed by atoms with Gasteiger partial charge in [-0.2, -0.15) is 8.42 Å². The van der Waals surface area contributed by atoms with Gasteiger partial charge < -0.3 is 0 Å². The molecule has 0 bridgehead atoms. The van der Waals surface area contributed by atoms with E-state index in [9.17, 15) is 36.4 Å². The lowest BCUT2D eigenvalue weighted by Gasteiger charge is -2.28. The van der Waals surface area contributed by atoms with Crippen molar-refractivity contribution >= 4 is 44.5 Å². The van der Waals surface area contributed by atoms with E-state index >= 15 is 0 Å². The van der Waals surface area contributed by atoms with Gasteiger partial charge in [0.15, 0.2) is 0 Å². The van der Waals surface area contributed by atoms with Crippen molar-refractivity contribution in [1.29, 1.82) is 0 Å². The maximum Gasteiger partial charge on any atom is 0.294 e. The fourth-order valence-corrected chi connectivity index (χ4v) is 7.00. The molecule has 1 fully saturated rings. The van der Waals surface area contributed by atoms with Crippen LogP contribution in [0.15, 0.2) is 46.2 Å². The largest absolute Gasteiger partial charge is 0.295 e. The summed E-state index contributed by atoms with van der Waals surface area (Å²) in [6.07, 6.45) is 1.77. The standard InChI is InChI=1S/C25H26N2O8S2/c1-3-4-7-19(17-13-15(37(33,34)35)10-9-14(17)2)36(32)20-8-5-6-16-22(20)25(31)27(24(16)30)18-11-12-21(28)26-23(18)29/h5-6,8-10,13,18-19H,3-4,7,11-12H2,1-2H3,(H,26,28,29)(H,33,34,35). The molecule has 2 aromatic carbocycles. The van der Waals surface area contributed by atoms with E-state index in [1.807, 2.05) is 6.92 Å². The Hall–Kier alpha value is -3.22. The number of hydrogen-bond donors (Lipinski definition) is 2. The van der Waals surface area contributed by atoms with E-state index in [0.29, 0.717) is 24.0 Å². The number of fused-ring (bicyclic) bond motifs is 1. The van der Waals surface area contributed by atoms with E-state index in [1.165, 1.54) is 36.4 Å². The average molecular weight is 547 g/mol. The third kappa shape index (κ3) is 5.00. The summed E-state index contributed by atoms with van der Waals surface area (Å²) in [5, 5.41) is 1.41. The lowest BCUT2D eigenvalue weighted by molar-refractivity contribution is -0.136. The lowest BCUT2D eigenvalue weighted by atomic mass is 10.0. The molecule has 196 valence electrons. The molecule has 0 aliphatic carbocycles. The fraction of sp³-hybridized carbons (Fsp3) is 0.360. The summed E-state index contributed by atoms with van der Waals surface area (Å²) in [6, 6.07) is 7.31. The summed E-state index contributed by atoms with van der Waals surface area (Å²) in [6.45, 7) is 3.68. The Kier molecular flexibility index (Phi) is 7.45. The van der Waals surface area contributed by atoms with Crippen LogP contribution in [-0.2, 0) is 30.5 Å². The van der Waals surface area contributed by atoms with Crippen LogP contribution in [0.25, 0.3) is 0 Å². The molecule has 37 heavy (non-hydrogen) atoms. The fourth-order valence-electron chi connectivity index (χ4n) is 4.70. The van der Waals surface area contributed by atoms with E-state index in [4.69, 9.17) is 0 Å². The summed E-state index contributed by atoms with van der Waals surface area (Å²) < 4.78 is 47.2. The second-order valence-electron chi connectivity index (χ2n) is 9.05. The first kappa shape index (κ1) is 26.8. The van der Waals surface area contributed by atoms with Gasteiger partial charge in [0, 0.05) is 6.42 Å². The van der Waals surface area contributed by atoms with Crippen LogP contribution in [-0.4, -0.2) is 51.7 Å². The maximum absolute atomic E-state index is 14.1. The molecule has 10 nitrogen and oxygen atoms in total. The molecule has 4 rings (SSSR count). The zero-order valence-corrected chi connectivity index (χ0v) is 21.9. The van der Waals surface area contributed by atoms with Gasteiger partial charge >= 0.3 is 0 Å². The molecule has 2 N–H and O–H groups in total. The van der Waals surface area contributed by atoms with Crippen LogP contribution < -0.4 is 5.32 Å². The number of unbranched alkanes of at least 4 members (excludes halogenated alkanes) is 1. The number of carbonyl (C=O) groups excluding carboxylic acids is 4. The first-order valence-electron chi connectivity index (χ1n) is 11.8. The van der Waals surface area contributed by atoms with Crippen molar-refractivity contribution in [3.8, 4) is 0 Å². The number of imide groups is 2. The molecule has 0 aromatic heterocycles. The van der Waals surface area contributed by atoms with Crippen LogP contribution in [0.5, 0.6) is 0 Å². The van der Waals surface area contributed by atoms with Gasteiger partial charge in [0.1, 0.15) is 6.04 Å². The van der Waals surface area contributed by atoms with E-state index in [2.05, 4.69) is 5.32 Å². The minimum Gasteiger partial charge on any atom is -0.295 e. The summed E-state index contributed by atoms with van der Waals surface area (Å²) in [5.74, 6) is -2.70. The van der Waals surface area contributed by atoms with Gasteiger partial charge in [-0.1, -0.05) is 31.9 Å². The molecule has 0 spiro atoms. The Morgan fingerprint density at radius 1 is 1.14 bits per heavy atom. The summed E-state index contributed by atoms with van der Waals surface area (Å²) in [7, 11) is -6.41. The highest BCUT2D eigenvalue weighted by Gasteiger charge is 2.46. The van der Waals surface area contributed by atoms with Crippen molar-refractivity contribution in [2.24, 2.45) is 0 Å². The first-order valence-corrected chi connectivity index (χ1v) is 14.4. The molecule has 1 saturated heterocycles. The SMILES string of the molecule is CCCCC(c1cc(S(=O)(=O)O)ccc1C)S(=O)c1cccc2c1C(=O)N(C1CCC(=O)NC1=O)C2=O. The van der Waals surface area contributed by atoms with Crippen molar-refractivity contribution in [3.05, 3.63) is 58.7 Å². The van der Waals surface area contributed by atoms with Gasteiger partial charge in [0.05, 0.1) is 37.0 Å². The van der Waals surface area contributed by atoms with Gasteiger partial charge in [0.2, 0.25) is 11.8 Å². The number of rotatable bonds is 8. The second-order valence-corrected chi connectivity index (χ2v) is 12.1. The van der Waals surface area contributed by atoms with Crippen LogP contribution in [0.2, 0.25) is 0 Å². The van der Waals surface area contributed by atoms with E-state index < -0.39 is 55.8 Å². The number of hydrogen-bond acceptors (Lipinski definition) is 7. The molecule has 2 aliphatic heterocycles. The molecular weight excluding hydrogens is 520 g/mol. The molecule has 3 atom stereocenters. The van der Waals surface area contributed by atoms with E-state index in [-0.39, 0.29) is 33.8 Å². The average Bonchev–Trinajstić information content (AvgIpc) is 3.09. The molecular formula is C25H26N2O8S2. The number of nitrogens with zero attached hydrogens (tertiary/aromatic N) is 1. The Labute approximate surface area is 216 Å². The molecule has 2 aromatic rings. The minimum absolute atomic E-state index is 0.00466. The summed E-state index contributed by atoms with van der Waals surface area (Å²) >= 11 is 0. The third-order valence-electron chi connectivity index (χ3n) is 6.62. The van der Waals surface area contributed by atoms with Gasteiger partial charge in [-0.25, -0.2) is 0 Å². The predicted molar refractivity (Wildman–Crippen MR) is 133 cm³/mol. The van der Waals surface area contributed by atoms with Gasteiger partial charge in [-0.15, -0.1) is 0 Å². The van der Waals surface area contributed by atoms with Crippen LogP contribution in [0, 0.1) is 6.92 Å². The van der Waals surface area contributed by atoms with Crippen LogP contribution in [0.4, 0.5) is 0 Å². The minimum atomic E-state index is -4.51. The quantitative estimate of drug-likeness (QED) is 0.378. The Balaban J connectivity index is 1.78. The summed E-state index contributed by atoms with van der Waals surface area (Å²) in [4.78, 5) is 51.2. The van der Waals surface area contributed by atoms with E-state index in [0.717, 1.165) is 11.3 Å². The van der Waals surface area contributed by atoms with Crippen LogP contribution in [0.3, 0.4) is 0 Å². The Morgan fingerprint density at radius 3 is 2.51 bits per heavy atom. The monoisotopic (exact) mass is 546 g/mol. The van der Waals surface area contributed by atoms with Crippen molar-refractivity contribution in [1.82, 2.24) is 10.2 Å². The second kappa shape index (κ2) is 10.3. The molecule has 0 radical (unpaired) electrons. The smallest absolute Gasteiger partial charge is 0.294 e. The van der Waals surface area contributed by atoms with Gasteiger partial charge in [-0.05, 0) is 55.2 Å². The van der Waals surface area contributed by atoms with Crippen LogP contribution >= 0.6 is 0 Å². The number of carbonyl (C=O) groups is 4. The highest BCUT2D eigenvalue weighted by Crippen LogP contribution is 2.38. The normalized spacial score (nSPS) is 19.5. The van der Waals surface area contributed by atoms with Crippen molar-refractivity contribution in [3.63, 3.8) is 0 Å². The van der Waals surface area contributed by atoms with Crippen molar-refractivity contribution in [2.45, 2.75) is 67.0 Å². The van der Waals surface area contributed by atoms with Crippen molar-refractivity contribution < 1.29 is 36.4 Å². The zero-order valence-electron chi connectivity index (χ0n) is 20.2. The van der Waals surface area contributed by atoms with Crippen LogP contribution in [0.1, 0.15) is 76.1 Å². The molecule has 0 saturated carbocycles. The topological polar surface area (TPSA) is 155 Å².